The molecular weight excluding hydrogens is 233 g/mol. The summed E-state index contributed by atoms with van der Waals surface area (Å²) in [5.41, 5.74) is 6.07. The number of benzene rings is 1. The molecule has 1 aromatic carbocycles. The highest BCUT2D eigenvalue weighted by Gasteiger charge is 2.37. The summed E-state index contributed by atoms with van der Waals surface area (Å²) in [5.74, 6) is -0.725. The molecule has 0 aromatic heterocycles. The molecule has 0 saturated carbocycles. The van der Waals surface area contributed by atoms with Crippen LogP contribution in [-0.2, 0) is 4.79 Å². The van der Waals surface area contributed by atoms with E-state index in [2.05, 4.69) is 10.6 Å². The van der Waals surface area contributed by atoms with Gasteiger partial charge in [0.25, 0.3) is 0 Å². The fraction of sp³-hybridized carbons (Fsp3) is 0.462. The SMILES string of the molecule is Cc1cc(F)cc(NC2(C(N)=O)CCCNC2)c1. The number of piperidine rings is 1. The molecule has 1 atom stereocenters. The second-order valence-corrected chi connectivity index (χ2v) is 4.87. The van der Waals surface area contributed by atoms with Crippen molar-refractivity contribution in [2.75, 3.05) is 18.4 Å². The number of aryl methyl sites for hydroxylation is 1. The van der Waals surface area contributed by atoms with E-state index in [-0.39, 0.29) is 5.82 Å². The maximum atomic E-state index is 13.3. The summed E-state index contributed by atoms with van der Waals surface area (Å²) in [6.45, 7) is 3.15. The normalized spacial score (nSPS) is 23.7. The Bertz CT molecular complexity index is 435. The summed E-state index contributed by atoms with van der Waals surface area (Å²) in [5, 5.41) is 6.25. The van der Waals surface area contributed by atoms with Crippen molar-refractivity contribution in [1.29, 1.82) is 0 Å². The van der Waals surface area contributed by atoms with Crippen molar-refractivity contribution in [2.24, 2.45) is 5.73 Å². The van der Waals surface area contributed by atoms with E-state index in [0.717, 1.165) is 18.5 Å². The Morgan fingerprint density at radius 2 is 2.28 bits per heavy atom. The molecule has 4 N–H and O–H groups in total. The molecule has 0 bridgehead atoms. The van der Waals surface area contributed by atoms with Crippen LogP contribution in [0, 0.1) is 12.7 Å². The largest absolute Gasteiger partial charge is 0.370 e. The lowest BCUT2D eigenvalue weighted by atomic mass is 9.89. The molecule has 1 amide bonds. The summed E-state index contributed by atoms with van der Waals surface area (Å²) in [7, 11) is 0. The minimum atomic E-state index is -0.821. The molecule has 1 aliphatic heterocycles. The monoisotopic (exact) mass is 251 g/mol. The highest BCUT2D eigenvalue weighted by molar-refractivity contribution is 5.88. The predicted molar refractivity (Wildman–Crippen MR) is 68.8 cm³/mol. The standard InChI is InChI=1S/C13H18FN3O/c1-9-5-10(14)7-11(6-9)17-13(12(15)18)3-2-4-16-8-13/h5-7,16-17H,2-4,8H2,1H3,(H2,15,18). The third kappa shape index (κ3) is 2.61. The number of nitrogens with one attached hydrogen (secondary N) is 2. The molecule has 4 nitrogen and oxygen atoms in total. The number of primary amides is 1. The number of hydrogen-bond acceptors (Lipinski definition) is 3. The Hall–Kier alpha value is -1.62. The van der Waals surface area contributed by atoms with E-state index < -0.39 is 11.4 Å². The Kier molecular flexibility index (Phi) is 3.52. The van der Waals surface area contributed by atoms with Crippen LogP contribution >= 0.6 is 0 Å². The summed E-state index contributed by atoms with van der Waals surface area (Å²) in [6.07, 6.45) is 1.52. The highest BCUT2D eigenvalue weighted by atomic mass is 19.1. The van der Waals surface area contributed by atoms with Gasteiger partial charge < -0.3 is 16.4 Å². The number of amides is 1. The Balaban J connectivity index is 2.25. The molecule has 1 saturated heterocycles. The number of anilines is 1. The quantitative estimate of drug-likeness (QED) is 0.755. The van der Waals surface area contributed by atoms with Gasteiger partial charge in [-0.1, -0.05) is 0 Å². The molecule has 0 spiro atoms. The first-order valence-corrected chi connectivity index (χ1v) is 6.08. The third-order valence-corrected chi connectivity index (χ3v) is 3.28. The molecule has 1 fully saturated rings. The van der Waals surface area contributed by atoms with Crippen LogP contribution in [0.1, 0.15) is 18.4 Å². The summed E-state index contributed by atoms with van der Waals surface area (Å²) in [4.78, 5) is 11.7. The third-order valence-electron chi connectivity index (χ3n) is 3.28. The van der Waals surface area contributed by atoms with Crippen molar-refractivity contribution < 1.29 is 9.18 Å². The second kappa shape index (κ2) is 4.94. The lowest BCUT2D eigenvalue weighted by Crippen LogP contribution is -2.59. The van der Waals surface area contributed by atoms with Gasteiger partial charge in [-0.25, -0.2) is 4.39 Å². The second-order valence-electron chi connectivity index (χ2n) is 4.87. The smallest absolute Gasteiger partial charge is 0.244 e. The lowest BCUT2D eigenvalue weighted by molar-refractivity contribution is -0.122. The first kappa shape index (κ1) is 12.8. The van der Waals surface area contributed by atoms with Crippen LogP contribution < -0.4 is 16.4 Å². The first-order chi connectivity index (χ1) is 8.52. The van der Waals surface area contributed by atoms with Gasteiger partial charge in [-0.3, -0.25) is 4.79 Å². The van der Waals surface area contributed by atoms with E-state index in [1.165, 1.54) is 12.1 Å². The van der Waals surface area contributed by atoms with Crippen molar-refractivity contribution in [3.8, 4) is 0 Å². The van der Waals surface area contributed by atoms with Crippen molar-refractivity contribution in [3.05, 3.63) is 29.6 Å². The van der Waals surface area contributed by atoms with Gasteiger partial charge in [-0.05, 0) is 50.1 Å². The molecule has 18 heavy (non-hydrogen) atoms. The van der Waals surface area contributed by atoms with Gasteiger partial charge in [0.15, 0.2) is 0 Å². The summed E-state index contributed by atoms with van der Waals surface area (Å²) < 4.78 is 13.3. The molecule has 2 rings (SSSR count). The molecule has 1 heterocycles. The molecule has 1 aliphatic rings. The van der Waals surface area contributed by atoms with E-state index in [1.54, 1.807) is 0 Å². The van der Waals surface area contributed by atoms with Crippen molar-refractivity contribution >= 4 is 11.6 Å². The minimum absolute atomic E-state index is 0.319. The van der Waals surface area contributed by atoms with Gasteiger partial charge in [0.1, 0.15) is 11.4 Å². The van der Waals surface area contributed by atoms with Gasteiger partial charge in [-0.2, -0.15) is 0 Å². The zero-order valence-corrected chi connectivity index (χ0v) is 10.4. The van der Waals surface area contributed by atoms with Crippen molar-refractivity contribution in [1.82, 2.24) is 5.32 Å². The summed E-state index contributed by atoms with van der Waals surface area (Å²) >= 11 is 0. The molecule has 1 unspecified atom stereocenters. The number of carbonyl (C=O) groups excluding carboxylic acids is 1. The van der Waals surface area contributed by atoms with Gasteiger partial charge in [-0.15, -0.1) is 0 Å². The average Bonchev–Trinajstić information content (AvgIpc) is 2.28. The highest BCUT2D eigenvalue weighted by Crippen LogP contribution is 2.23. The number of nitrogens with two attached hydrogens (primary N) is 1. The van der Waals surface area contributed by atoms with Crippen LogP contribution in [0.5, 0.6) is 0 Å². The van der Waals surface area contributed by atoms with Gasteiger partial charge in [0.05, 0.1) is 0 Å². The molecular formula is C13H18FN3O. The molecule has 98 valence electrons. The van der Waals surface area contributed by atoms with Crippen LogP contribution in [0.25, 0.3) is 0 Å². The molecule has 0 aliphatic carbocycles. The molecule has 1 aromatic rings. The van der Waals surface area contributed by atoms with Gasteiger partial charge in [0, 0.05) is 12.2 Å². The molecule has 0 radical (unpaired) electrons. The summed E-state index contributed by atoms with van der Waals surface area (Å²) in [6, 6.07) is 4.63. The molecule has 5 heteroatoms. The number of carbonyl (C=O) groups is 1. The van der Waals surface area contributed by atoms with E-state index in [0.29, 0.717) is 18.7 Å². The Labute approximate surface area is 106 Å². The van der Waals surface area contributed by atoms with Crippen LogP contribution in [-0.4, -0.2) is 24.5 Å². The Morgan fingerprint density at radius 1 is 1.50 bits per heavy atom. The van der Waals surface area contributed by atoms with Crippen LogP contribution in [0.2, 0.25) is 0 Å². The predicted octanol–water partition coefficient (Wildman–Crippen LogP) is 1.15. The zero-order chi connectivity index (χ0) is 13.2. The van der Waals surface area contributed by atoms with E-state index in [4.69, 9.17) is 5.73 Å². The van der Waals surface area contributed by atoms with Gasteiger partial charge >= 0.3 is 0 Å². The van der Waals surface area contributed by atoms with E-state index >= 15 is 0 Å². The first-order valence-electron chi connectivity index (χ1n) is 6.08. The van der Waals surface area contributed by atoms with E-state index in [9.17, 15) is 9.18 Å². The fourth-order valence-corrected chi connectivity index (χ4v) is 2.37. The van der Waals surface area contributed by atoms with Crippen LogP contribution in [0.4, 0.5) is 10.1 Å². The van der Waals surface area contributed by atoms with Crippen molar-refractivity contribution in [3.63, 3.8) is 0 Å². The van der Waals surface area contributed by atoms with E-state index in [1.807, 2.05) is 13.0 Å². The number of rotatable bonds is 3. The fourth-order valence-electron chi connectivity index (χ4n) is 2.37. The average molecular weight is 251 g/mol. The van der Waals surface area contributed by atoms with Gasteiger partial charge in [0.2, 0.25) is 5.91 Å². The van der Waals surface area contributed by atoms with Crippen molar-refractivity contribution in [2.45, 2.75) is 25.3 Å². The zero-order valence-electron chi connectivity index (χ0n) is 10.4. The van der Waals surface area contributed by atoms with Crippen LogP contribution in [0.15, 0.2) is 18.2 Å². The minimum Gasteiger partial charge on any atom is -0.370 e. The lowest BCUT2D eigenvalue weighted by Gasteiger charge is -2.36. The Morgan fingerprint density at radius 3 is 2.83 bits per heavy atom. The van der Waals surface area contributed by atoms with Crippen LogP contribution in [0.3, 0.4) is 0 Å². The number of hydrogen-bond donors (Lipinski definition) is 3. The number of halogens is 1. The maximum Gasteiger partial charge on any atom is 0.244 e. The maximum absolute atomic E-state index is 13.3. The topological polar surface area (TPSA) is 67.1 Å².